The van der Waals surface area contributed by atoms with Gasteiger partial charge in [0.05, 0.1) is 10.6 Å². The van der Waals surface area contributed by atoms with Crippen LogP contribution in [0.1, 0.15) is 32.3 Å². The van der Waals surface area contributed by atoms with Crippen LogP contribution in [-0.4, -0.2) is 30.1 Å². The molecule has 1 saturated heterocycles. The summed E-state index contributed by atoms with van der Waals surface area (Å²) in [7, 11) is 0. The Balaban J connectivity index is 1.93. The summed E-state index contributed by atoms with van der Waals surface area (Å²) in [6.45, 7) is 6.60. The Morgan fingerprint density at radius 1 is 1.37 bits per heavy atom. The van der Waals surface area contributed by atoms with Crippen molar-refractivity contribution in [2.75, 3.05) is 13.1 Å². The molecule has 0 spiro atoms. The second-order valence-corrected chi connectivity index (χ2v) is 5.61. The normalized spacial score (nSPS) is 17.4. The number of piperidine rings is 1. The zero-order chi connectivity index (χ0) is 13.8. The van der Waals surface area contributed by atoms with E-state index >= 15 is 0 Å². The van der Waals surface area contributed by atoms with Crippen molar-refractivity contribution in [3.8, 4) is 11.8 Å². The maximum absolute atomic E-state index is 8.83. The van der Waals surface area contributed by atoms with Gasteiger partial charge in [-0.05, 0) is 38.8 Å². The summed E-state index contributed by atoms with van der Waals surface area (Å²) >= 11 is 6.00. The van der Waals surface area contributed by atoms with E-state index in [1.54, 1.807) is 12.1 Å². The molecular weight excluding hydrogens is 260 g/mol. The minimum atomic E-state index is 0.249. The number of hydrogen-bond acceptors (Lipinski definition) is 3. The Morgan fingerprint density at radius 3 is 2.58 bits per heavy atom. The van der Waals surface area contributed by atoms with Crippen LogP contribution in [0.4, 0.5) is 0 Å². The smallest absolute Gasteiger partial charge is 0.121 e. The summed E-state index contributed by atoms with van der Waals surface area (Å²) in [6.07, 6.45) is 2.32. The van der Waals surface area contributed by atoms with Crippen molar-refractivity contribution in [3.63, 3.8) is 0 Å². The van der Waals surface area contributed by atoms with Crippen molar-refractivity contribution < 1.29 is 4.74 Å². The van der Waals surface area contributed by atoms with Crippen LogP contribution in [0.5, 0.6) is 5.75 Å². The van der Waals surface area contributed by atoms with Crippen LogP contribution in [0, 0.1) is 11.3 Å². The molecule has 1 heterocycles. The molecule has 102 valence electrons. The fourth-order valence-electron chi connectivity index (χ4n) is 2.36. The molecule has 0 saturated carbocycles. The fourth-order valence-corrected chi connectivity index (χ4v) is 2.58. The molecule has 0 aromatic heterocycles. The van der Waals surface area contributed by atoms with Gasteiger partial charge in [-0.15, -0.1) is 0 Å². The van der Waals surface area contributed by atoms with Crippen LogP contribution >= 0.6 is 11.6 Å². The van der Waals surface area contributed by atoms with E-state index in [2.05, 4.69) is 24.8 Å². The molecule has 0 bridgehead atoms. The van der Waals surface area contributed by atoms with Crippen molar-refractivity contribution >= 4 is 11.6 Å². The Labute approximate surface area is 119 Å². The molecule has 0 unspecified atom stereocenters. The molecule has 2 rings (SSSR count). The van der Waals surface area contributed by atoms with Crippen molar-refractivity contribution in [1.29, 1.82) is 5.26 Å². The molecule has 1 aliphatic heterocycles. The van der Waals surface area contributed by atoms with Gasteiger partial charge in [0.15, 0.2) is 0 Å². The maximum Gasteiger partial charge on any atom is 0.121 e. The highest BCUT2D eigenvalue weighted by molar-refractivity contribution is 6.31. The lowest BCUT2D eigenvalue weighted by Crippen LogP contribution is -2.41. The summed E-state index contributed by atoms with van der Waals surface area (Å²) < 4.78 is 5.94. The third kappa shape index (κ3) is 3.62. The highest BCUT2D eigenvalue weighted by atomic mass is 35.5. The van der Waals surface area contributed by atoms with Gasteiger partial charge in [0.25, 0.3) is 0 Å². The third-order valence-corrected chi connectivity index (χ3v) is 3.88. The van der Waals surface area contributed by atoms with E-state index in [0.717, 1.165) is 31.7 Å². The second kappa shape index (κ2) is 6.27. The van der Waals surface area contributed by atoms with Crippen LogP contribution in [0.15, 0.2) is 18.2 Å². The SMILES string of the molecule is CC(C)N1CCC(Oc2ccc(C#N)c(Cl)c2)CC1. The Bertz CT molecular complexity index is 474. The topological polar surface area (TPSA) is 36.3 Å². The maximum atomic E-state index is 8.83. The van der Waals surface area contributed by atoms with Gasteiger partial charge in [-0.1, -0.05) is 11.6 Å². The number of halogens is 1. The Kier molecular flexibility index (Phi) is 4.68. The average molecular weight is 279 g/mol. The van der Waals surface area contributed by atoms with E-state index in [-0.39, 0.29) is 6.10 Å². The molecule has 4 heteroatoms. The van der Waals surface area contributed by atoms with Crippen LogP contribution in [0.25, 0.3) is 0 Å². The van der Waals surface area contributed by atoms with Crippen molar-refractivity contribution in [2.24, 2.45) is 0 Å². The number of nitrogens with zero attached hydrogens (tertiary/aromatic N) is 2. The molecule has 1 aromatic carbocycles. The zero-order valence-corrected chi connectivity index (χ0v) is 12.2. The standard InChI is InChI=1S/C15H19ClN2O/c1-11(2)18-7-5-13(6-8-18)19-14-4-3-12(10-17)15(16)9-14/h3-4,9,11,13H,5-8H2,1-2H3. The first-order valence-electron chi connectivity index (χ1n) is 6.70. The molecule has 19 heavy (non-hydrogen) atoms. The first kappa shape index (κ1) is 14.2. The summed E-state index contributed by atoms with van der Waals surface area (Å²) in [5.74, 6) is 0.756. The van der Waals surface area contributed by atoms with E-state index in [4.69, 9.17) is 21.6 Å². The molecule has 1 aliphatic rings. The van der Waals surface area contributed by atoms with Gasteiger partial charge >= 0.3 is 0 Å². The Morgan fingerprint density at radius 2 is 2.05 bits per heavy atom. The molecule has 0 aliphatic carbocycles. The number of ether oxygens (including phenoxy) is 1. The van der Waals surface area contributed by atoms with Gasteiger partial charge in [0, 0.05) is 25.2 Å². The number of rotatable bonds is 3. The molecule has 1 fully saturated rings. The molecule has 3 nitrogen and oxygen atoms in total. The first-order chi connectivity index (χ1) is 9.10. The number of benzene rings is 1. The molecule has 1 aromatic rings. The van der Waals surface area contributed by atoms with Gasteiger partial charge in [-0.2, -0.15) is 5.26 Å². The van der Waals surface area contributed by atoms with Crippen molar-refractivity contribution in [2.45, 2.75) is 38.8 Å². The van der Waals surface area contributed by atoms with E-state index in [9.17, 15) is 0 Å². The van der Waals surface area contributed by atoms with Gasteiger partial charge in [0.1, 0.15) is 17.9 Å². The van der Waals surface area contributed by atoms with E-state index in [1.807, 2.05) is 6.07 Å². The summed E-state index contributed by atoms with van der Waals surface area (Å²) in [5, 5.41) is 9.29. The third-order valence-electron chi connectivity index (χ3n) is 3.57. The van der Waals surface area contributed by atoms with E-state index < -0.39 is 0 Å². The van der Waals surface area contributed by atoms with Crippen LogP contribution in [-0.2, 0) is 0 Å². The second-order valence-electron chi connectivity index (χ2n) is 5.20. The van der Waals surface area contributed by atoms with Crippen LogP contribution < -0.4 is 4.74 Å². The van der Waals surface area contributed by atoms with Gasteiger partial charge < -0.3 is 9.64 Å². The van der Waals surface area contributed by atoms with Crippen molar-refractivity contribution in [3.05, 3.63) is 28.8 Å². The zero-order valence-electron chi connectivity index (χ0n) is 11.4. The quantitative estimate of drug-likeness (QED) is 0.849. The summed E-state index contributed by atoms with van der Waals surface area (Å²) in [6, 6.07) is 7.91. The molecule has 0 radical (unpaired) electrons. The van der Waals surface area contributed by atoms with Crippen LogP contribution in [0.2, 0.25) is 5.02 Å². The van der Waals surface area contributed by atoms with Crippen LogP contribution in [0.3, 0.4) is 0 Å². The fraction of sp³-hybridized carbons (Fsp3) is 0.533. The number of likely N-dealkylation sites (tertiary alicyclic amines) is 1. The number of nitriles is 1. The highest BCUT2D eigenvalue weighted by Crippen LogP contribution is 2.25. The summed E-state index contributed by atoms with van der Waals surface area (Å²) in [4.78, 5) is 2.46. The van der Waals surface area contributed by atoms with Gasteiger partial charge in [-0.25, -0.2) is 0 Å². The number of hydrogen-bond donors (Lipinski definition) is 0. The van der Waals surface area contributed by atoms with Gasteiger partial charge in [0.2, 0.25) is 0 Å². The lowest BCUT2D eigenvalue weighted by atomic mass is 10.1. The molecule has 0 amide bonds. The molecular formula is C15H19ClN2O. The lowest BCUT2D eigenvalue weighted by Gasteiger charge is -2.34. The predicted molar refractivity (Wildman–Crippen MR) is 76.5 cm³/mol. The Hall–Kier alpha value is -1.24. The van der Waals surface area contributed by atoms with E-state index in [1.165, 1.54) is 0 Å². The minimum Gasteiger partial charge on any atom is -0.490 e. The lowest BCUT2D eigenvalue weighted by molar-refractivity contribution is 0.0843. The minimum absolute atomic E-state index is 0.249. The monoisotopic (exact) mass is 278 g/mol. The molecule has 0 N–H and O–H groups in total. The molecule has 0 atom stereocenters. The van der Waals surface area contributed by atoms with E-state index in [0.29, 0.717) is 16.6 Å². The predicted octanol–water partition coefficient (Wildman–Crippen LogP) is 3.46. The first-order valence-corrected chi connectivity index (χ1v) is 7.08. The summed E-state index contributed by atoms with van der Waals surface area (Å²) in [5.41, 5.74) is 0.489. The van der Waals surface area contributed by atoms with Gasteiger partial charge in [-0.3, -0.25) is 0 Å². The highest BCUT2D eigenvalue weighted by Gasteiger charge is 2.22. The van der Waals surface area contributed by atoms with Crippen molar-refractivity contribution in [1.82, 2.24) is 4.90 Å². The largest absolute Gasteiger partial charge is 0.490 e. The average Bonchev–Trinajstić information content (AvgIpc) is 2.39.